The van der Waals surface area contributed by atoms with Crippen LogP contribution < -0.4 is 0 Å². The summed E-state index contributed by atoms with van der Waals surface area (Å²) in [4.78, 5) is 36.0. The van der Waals surface area contributed by atoms with Gasteiger partial charge < -0.3 is 19.8 Å². The van der Waals surface area contributed by atoms with E-state index in [0.717, 1.165) is 0 Å². The molecular weight excluding hydrogens is 236 g/mol. The van der Waals surface area contributed by atoms with Crippen molar-refractivity contribution in [3.63, 3.8) is 0 Å². The maximum absolute atomic E-state index is 11.4. The average molecular weight is 250 g/mol. The van der Waals surface area contributed by atoms with Crippen molar-refractivity contribution >= 4 is 17.9 Å². The number of hydrogen-bond donors (Lipinski definition) is 3. The standard InChI is InChI=1S/C9H14O8/c1-5(2)16-8(13)9(14,3-6(10)11)4-7(12)17-15/h5,14-15H,3-4H2,1-2H3,(H,10,11). The zero-order chi connectivity index (χ0) is 13.6. The fourth-order valence-electron chi connectivity index (χ4n) is 1.05. The molecule has 1 unspecified atom stereocenters. The highest BCUT2D eigenvalue weighted by atomic mass is 17.1. The second kappa shape index (κ2) is 6.16. The van der Waals surface area contributed by atoms with Crippen LogP contribution in [-0.4, -0.2) is 45.1 Å². The van der Waals surface area contributed by atoms with E-state index in [1.54, 1.807) is 0 Å². The van der Waals surface area contributed by atoms with E-state index in [-0.39, 0.29) is 0 Å². The first kappa shape index (κ1) is 15.3. The van der Waals surface area contributed by atoms with Gasteiger partial charge in [0.2, 0.25) is 0 Å². The lowest BCUT2D eigenvalue weighted by Gasteiger charge is -2.23. The Kier molecular flexibility index (Phi) is 5.56. The van der Waals surface area contributed by atoms with Gasteiger partial charge in [0.25, 0.3) is 0 Å². The first-order valence-electron chi connectivity index (χ1n) is 4.71. The summed E-state index contributed by atoms with van der Waals surface area (Å²) in [6.07, 6.45) is -2.64. The molecule has 0 spiro atoms. The smallest absolute Gasteiger partial charge is 0.345 e. The number of carbonyl (C=O) groups is 3. The predicted molar refractivity (Wildman–Crippen MR) is 51.8 cm³/mol. The van der Waals surface area contributed by atoms with Crippen LogP contribution in [0.1, 0.15) is 26.7 Å². The van der Waals surface area contributed by atoms with Gasteiger partial charge in [-0.3, -0.25) is 4.79 Å². The molecular formula is C9H14O8. The quantitative estimate of drug-likeness (QED) is 0.328. The van der Waals surface area contributed by atoms with Crippen molar-refractivity contribution in [3.05, 3.63) is 0 Å². The Morgan fingerprint density at radius 3 is 2.12 bits per heavy atom. The molecule has 0 aromatic heterocycles. The Morgan fingerprint density at radius 1 is 1.24 bits per heavy atom. The van der Waals surface area contributed by atoms with Crippen LogP contribution in [0.2, 0.25) is 0 Å². The van der Waals surface area contributed by atoms with Crippen LogP contribution in [0.5, 0.6) is 0 Å². The minimum atomic E-state index is -2.56. The Balaban J connectivity index is 4.88. The number of esters is 1. The molecule has 0 bridgehead atoms. The molecule has 0 aliphatic heterocycles. The minimum Gasteiger partial charge on any atom is -0.481 e. The second-order valence-corrected chi connectivity index (χ2v) is 3.70. The highest BCUT2D eigenvalue weighted by Crippen LogP contribution is 2.19. The molecule has 0 aromatic rings. The highest BCUT2D eigenvalue weighted by Gasteiger charge is 2.43. The Labute approximate surface area is 96.7 Å². The second-order valence-electron chi connectivity index (χ2n) is 3.70. The predicted octanol–water partition coefficient (Wildman–Crippen LogP) is -0.450. The van der Waals surface area contributed by atoms with E-state index in [1.807, 2.05) is 0 Å². The van der Waals surface area contributed by atoms with Crippen LogP contribution in [0, 0.1) is 0 Å². The Hall–Kier alpha value is -1.67. The lowest BCUT2D eigenvalue weighted by molar-refractivity contribution is -0.239. The molecule has 0 aromatic carbocycles. The highest BCUT2D eigenvalue weighted by molar-refractivity contribution is 5.89. The maximum Gasteiger partial charge on any atom is 0.345 e. The van der Waals surface area contributed by atoms with Gasteiger partial charge in [0, 0.05) is 0 Å². The van der Waals surface area contributed by atoms with Gasteiger partial charge in [-0.15, -0.1) is 0 Å². The van der Waals surface area contributed by atoms with Gasteiger partial charge in [-0.25, -0.2) is 9.59 Å². The van der Waals surface area contributed by atoms with E-state index >= 15 is 0 Å². The normalized spacial score (nSPS) is 13.9. The first-order chi connectivity index (χ1) is 7.71. The molecule has 0 saturated heterocycles. The summed E-state index contributed by atoms with van der Waals surface area (Å²) in [5, 5.41) is 26.3. The number of aliphatic hydroxyl groups is 1. The summed E-state index contributed by atoms with van der Waals surface area (Å²) in [6, 6.07) is 0. The van der Waals surface area contributed by atoms with Crippen molar-refractivity contribution in [2.45, 2.75) is 38.4 Å². The molecule has 0 aliphatic rings. The van der Waals surface area contributed by atoms with Crippen molar-refractivity contribution in [1.82, 2.24) is 0 Å². The van der Waals surface area contributed by atoms with Crippen LogP contribution in [0.4, 0.5) is 0 Å². The van der Waals surface area contributed by atoms with Gasteiger partial charge in [-0.05, 0) is 13.8 Å². The molecule has 1 atom stereocenters. The third kappa shape index (κ3) is 5.27. The minimum absolute atomic E-state index is 0.590. The van der Waals surface area contributed by atoms with E-state index < -0.39 is 42.5 Å². The van der Waals surface area contributed by atoms with E-state index in [2.05, 4.69) is 9.62 Å². The summed E-state index contributed by atoms with van der Waals surface area (Å²) in [5.74, 6) is -4.10. The lowest BCUT2D eigenvalue weighted by Crippen LogP contribution is -2.45. The maximum atomic E-state index is 11.4. The molecule has 8 nitrogen and oxygen atoms in total. The molecule has 0 fully saturated rings. The molecule has 0 aliphatic carbocycles. The molecule has 8 heteroatoms. The zero-order valence-corrected chi connectivity index (χ0v) is 9.37. The Morgan fingerprint density at radius 2 is 1.76 bits per heavy atom. The van der Waals surface area contributed by atoms with E-state index in [0.29, 0.717) is 0 Å². The third-order valence-electron chi connectivity index (χ3n) is 1.70. The van der Waals surface area contributed by atoms with Crippen molar-refractivity contribution in [3.8, 4) is 0 Å². The molecule has 3 N–H and O–H groups in total. The number of carboxylic acid groups (broad SMARTS) is 1. The molecule has 0 rings (SSSR count). The van der Waals surface area contributed by atoms with Gasteiger partial charge in [0.1, 0.15) is 0 Å². The fourth-order valence-corrected chi connectivity index (χ4v) is 1.05. The van der Waals surface area contributed by atoms with E-state index in [1.165, 1.54) is 13.8 Å². The van der Waals surface area contributed by atoms with Crippen molar-refractivity contribution in [2.75, 3.05) is 0 Å². The summed E-state index contributed by atoms with van der Waals surface area (Å²) in [7, 11) is 0. The van der Waals surface area contributed by atoms with Gasteiger partial charge in [0.05, 0.1) is 18.9 Å². The van der Waals surface area contributed by atoms with Crippen molar-refractivity contribution < 1.29 is 39.5 Å². The lowest BCUT2D eigenvalue weighted by atomic mass is 9.95. The van der Waals surface area contributed by atoms with Crippen molar-refractivity contribution in [1.29, 1.82) is 0 Å². The van der Waals surface area contributed by atoms with Crippen LogP contribution in [0.25, 0.3) is 0 Å². The molecule has 0 radical (unpaired) electrons. The number of rotatable bonds is 6. The number of hydrogen-bond acceptors (Lipinski definition) is 7. The molecule has 17 heavy (non-hydrogen) atoms. The van der Waals surface area contributed by atoms with Gasteiger partial charge >= 0.3 is 17.9 Å². The third-order valence-corrected chi connectivity index (χ3v) is 1.70. The number of carboxylic acids is 1. The fraction of sp³-hybridized carbons (Fsp3) is 0.667. The van der Waals surface area contributed by atoms with Crippen LogP contribution in [0.15, 0.2) is 0 Å². The summed E-state index contributed by atoms with van der Waals surface area (Å²) in [5.41, 5.74) is -2.56. The van der Waals surface area contributed by atoms with Crippen molar-refractivity contribution in [2.24, 2.45) is 0 Å². The van der Waals surface area contributed by atoms with Gasteiger partial charge in [0.15, 0.2) is 5.60 Å². The molecule has 0 heterocycles. The first-order valence-corrected chi connectivity index (χ1v) is 4.71. The monoisotopic (exact) mass is 250 g/mol. The number of ether oxygens (including phenoxy) is 1. The van der Waals surface area contributed by atoms with E-state index in [9.17, 15) is 19.5 Å². The summed E-state index contributed by atoms with van der Waals surface area (Å²) >= 11 is 0. The average Bonchev–Trinajstić information content (AvgIpc) is 2.14. The van der Waals surface area contributed by atoms with Gasteiger partial charge in [-0.1, -0.05) is 0 Å². The summed E-state index contributed by atoms with van der Waals surface area (Å²) < 4.78 is 4.62. The summed E-state index contributed by atoms with van der Waals surface area (Å²) in [6.45, 7) is 2.98. The Bertz CT molecular complexity index is 310. The van der Waals surface area contributed by atoms with Crippen LogP contribution in [-0.2, 0) is 24.0 Å². The SMILES string of the molecule is CC(C)OC(=O)C(O)(CC(=O)O)CC(=O)OO. The largest absolute Gasteiger partial charge is 0.481 e. The number of carbonyl (C=O) groups excluding carboxylic acids is 2. The molecule has 0 saturated carbocycles. The van der Waals surface area contributed by atoms with Crippen LogP contribution >= 0.6 is 0 Å². The topological polar surface area (TPSA) is 130 Å². The zero-order valence-electron chi connectivity index (χ0n) is 9.37. The molecule has 98 valence electrons. The van der Waals surface area contributed by atoms with Gasteiger partial charge in [-0.2, -0.15) is 5.26 Å². The van der Waals surface area contributed by atoms with Crippen LogP contribution in [0.3, 0.4) is 0 Å². The number of aliphatic carboxylic acids is 1. The molecule has 0 amide bonds. The van der Waals surface area contributed by atoms with E-state index in [4.69, 9.17) is 10.4 Å².